The highest BCUT2D eigenvalue weighted by molar-refractivity contribution is 5.84. The van der Waals surface area contributed by atoms with Gasteiger partial charge in [0.25, 0.3) is 0 Å². The average Bonchev–Trinajstić information content (AvgIpc) is 3.27. The topological polar surface area (TPSA) is 135 Å². The molecular formula is C29H30N4O6. The van der Waals surface area contributed by atoms with Crippen molar-refractivity contribution in [2.24, 2.45) is 0 Å². The first kappa shape index (κ1) is 27.2. The summed E-state index contributed by atoms with van der Waals surface area (Å²) in [5.74, 6) is -1.24. The van der Waals surface area contributed by atoms with E-state index in [1.807, 2.05) is 78.9 Å². The lowest BCUT2D eigenvalue weighted by molar-refractivity contribution is -0.139. The van der Waals surface area contributed by atoms with Gasteiger partial charge in [-0.1, -0.05) is 78.9 Å². The Labute approximate surface area is 226 Å². The van der Waals surface area contributed by atoms with Crippen LogP contribution < -0.4 is 21.3 Å². The fourth-order valence-electron chi connectivity index (χ4n) is 4.47. The zero-order valence-electron chi connectivity index (χ0n) is 21.4. The fourth-order valence-corrected chi connectivity index (χ4v) is 4.47. The van der Waals surface area contributed by atoms with Crippen molar-refractivity contribution in [2.45, 2.75) is 18.5 Å². The molecule has 3 aromatic rings. The minimum Gasteiger partial charge on any atom is -0.468 e. The van der Waals surface area contributed by atoms with Crippen LogP contribution in [0.2, 0.25) is 0 Å². The number of carbonyl (C=O) groups excluding carboxylic acids is 4. The van der Waals surface area contributed by atoms with Crippen molar-refractivity contribution >= 4 is 24.0 Å². The van der Waals surface area contributed by atoms with E-state index in [1.165, 1.54) is 7.11 Å². The second-order valence-electron chi connectivity index (χ2n) is 8.89. The second kappa shape index (κ2) is 13.1. The minimum atomic E-state index is -0.804. The third kappa shape index (κ3) is 7.35. The van der Waals surface area contributed by atoms with Gasteiger partial charge in [0.1, 0.15) is 25.9 Å². The molecule has 0 spiro atoms. The first-order chi connectivity index (χ1) is 18.9. The maximum Gasteiger partial charge on any atom is 0.407 e. The van der Waals surface area contributed by atoms with Crippen LogP contribution in [0.3, 0.4) is 0 Å². The second-order valence-corrected chi connectivity index (χ2v) is 8.89. The zero-order chi connectivity index (χ0) is 27.6. The van der Waals surface area contributed by atoms with E-state index in [1.54, 1.807) is 0 Å². The van der Waals surface area contributed by atoms with Crippen molar-refractivity contribution in [1.29, 1.82) is 0 Å². The third-order valence-corrected chi connectivity index (χ3v) is 6.28. The van der Waals surface area contributed by atoms with E-state index in [-0.39, 0.29) is 32.0 Å². The smallest absolute Gasteiger partial charge is 0.407 e. The molecule has 202 valence electrons. The van der Waals surface area contributed by atoms with Gasteiger partial charge in [-0.3, -0.25) is 9.59 Å². The van der Waals surface area contributed by atoms with Crippen molar-refractivity contribution < 1.29 is 28.7 Å². The average molecular weight is 531 g/mol. The molecule has 0 aromatic heterocycles. The lowest BCUT2D eigenvalue weighted by atomic mass is 9.98. The number of carbonyl (C=O) groups is 4. The van der Waals surface area contributed by atoms with E-state index < -0.39 is 30.2 Å². The first-order valence-electron chi connectivity index (χ1n) is 12.5. The molecule has 0 unspecified atom stereocenters. The number of esters is 1. The Morgan fingerprint density at radius 1 is 0.769 bits per heavy atom. The van der Waals surface area contributed by atoms with Crippen LogP contribution in [0.4, 0.5) is 9.59 Å². The van der Waals surface area contributed by atoms with Gasteiger partial charge in [0, 0.05) is 12.3 Å². The molecule has 1 aliphatic carbocycles. The fraction of sp³-hybridized carbons (Fsp3) is 0.241. The van der Waals surface area contributed by atoms with Crippen molar-refractivity contribution in [3.63, 3.8) is 0 Å². The minimum absolute atomic E-state index is 0.0973. The largest absolute Gasteiger partial charge is 0.468 e. The summed E-state index contributed by atoms with van der Waals surface area (Å²) in [5, 5.41) is 10.1. The quantitative estimate of drug-likeness (QED) is 0.235. The number of amides is 4. The summed E-state index contributed by atoms with van der Waals surface area (Å²) >= 11 is 0. The van der Waals surface area contributed by atoms with E-state index in [4.69, 9.17) is 4.74 Å². The number of urea groups is 1. The number of hydrogen-bond donors (Lipinski definition) is 4. The van der Waals surface area contributed by atoms with Crippen LogP contribution in [0.1, 0.15) is 22.6 Å². The van der Waals surface area contributed by atoms with Crippen LogP contribution in [0.25, 0.3) is 11.1 Å². The van der Waals surface area contributed by atoms with E-state index in [2.05, 4.69) is 26.0 Å². The van der Waals surface area contributed by atoms with Gasteiger partial charge in [-0.25, -0.2) is 9.59 Å². The summed E-state index contributed by atoms with van der Waals surface area (Å²) in [5.41, 5.74) is 5.28. The van der Waals surface area contributed by atoms with Gasteiger partial charge in [0.05, 0.1) is 7.11 Å². The van der Waals surface area contributed by atoms with E-state index in [9.17, 15) is 19.2 Å². The van der Waals surface area contributed by atoms with Crippen LogP contribution in [0, 0.1) is 0 Å². The van der Waals surface area contributed by atoms with E-state index in [0.717, 1.165) is 27.8 Å². The third-order valence-electron chi connectivity index (χ3n) is 6.28. The monoisotopic (exact) mass is 530 g/mol. The maximum absolute atomic E-state index is 12.6. The molecule has 39 heavy (non-hydrogen) atoms. The highest BCUT2D eigenvalue weighted by atomic mass is 16.5. The molecule has 0 bridgehead atoms. The number of ether oxygens (including phenoxy) is 2. The Balaban J connectivity index is 1.29. The number of hydrogen-bond acceptors (Lipinski definition) is 6. The van der Waals surface area contributed by atoms with E-state index in [0.29, 0.717) is 0 Å². The molecule has 1 atom stereocenters. The Bertz CT molecular complexity index is 1280. The van der Waals surface area contributed by atoms with Crippen LogP contribution in [-0.4, -0.2) is 57.0 Å². The molecule has 4 amide bonds. The molecule has 0 heterocycles. The van der Waals surface area contributed by atoms with Crippen LogP contribution in [-0.2, 0) is 25.5 Å². The van der Waals surface area contributed by atoms with Crippen LogP contribution in [0.15, 0.2) is 78.9 Å². The summed E-state index contributed by atoms with van der Waals surface area (Å²) in [4.78, 5) is 48.5. The van der Waals surface area contributed by atoms with Crippen LogP contribution >= 0.6 is 0 Å². The highest BCUT2D eigenvalue weighted by Crippen LogP contribution is 2.44. The molecule has 4 rings (SSSR count). The Morgan fingerprint density at radius 2 is 1.38 bits per heavy atom. The summed E-state index contributed by atoms with van der Waals surface area (Å²) in [6, 6.07) is 24.6. The summed E-state index contributed by atoms with van der Waals surface area (Å²) in [6.07, 6.45) is -1.25. The number of nitrogens with one attached hydrogen (secondary N) is 4. The molecule has 0 aliphatic heterocycles. The van der Waals surface area contributed by atoms with E-state index >= 15 is 0 Å². The molecule has 0 saturated carbocycles. The number of methoxy groups -OCH3 is 1. The van der Waals surface area contributed by atoms with Crippen LogP contribution in [0.5, 0.6) is 0 Å². The molecule has 10 heteroatoms. The molecule has 3 aromatic carbocycles. The number of fused-ring (bicyclic) bond motifs is 3. The Hall–Kier alpha value is -4.86. The number of rotatable bonds is 10. The Morgan fingerprint density at radius 3 is 2.03 bits per heavy atom. The lowest BCUT2D eigenvalue weighted by Crippen LogP contribution is -2.54. The molecule has 1 aliphatic rings. The predicted octanol–water partition coefficient (Wildman–Crippen LogP) is 2.68. The van der Waals surface area contributed by atoms with Gasteiger partial charge >= 0.3 is 18.1 Å². The van der Waals surface area contributed by atoms with Crippen molar-refractivity contribution in [3.8, 4) is 11.1 Å². The van der Waals surface area contributed by atoms with Gasteiger partial charge in [0.2, 0.25) is 5.91 Å². The first-order valence-corrected chi connectivity index (χ1v) is 12.5. The SMILES string of the molecule is COC(=O)CNC(=O)N[C@H](Cc1ccccc1)NC(=O)CNC(=O)OCC1c2ccccc2-c2ccccc21. The zero-order valence-corrected chi connectivity index (χ0v) is 21.4. The summed E-state index contributed by atoms with van der Waals surface area (Å²) in [7, 11) is 1.21. The molecule has 0 saturated heterocycles. The number of alkyl carbamates (subject to hydrolysis) is 1. The molecule has 10 nitrogen and oxygen atoms in total. The van der Waals surface area contributed by atoms with Gasteiger partial charge in [0.15, 0.2) is 0 Å². The van der Waals surface area contributed by atoms with Crippen molar-refractivity contribution in [3.05, 3.63) is 95.6 Å². The van der Waals surface area contributed by atoms with Crippen molar-refractivity contribution in [2.75, 3.05) is 26.8 Å². The van der Waals surface area contributed by atoms with Gasteiger partial charge in [-0.05, 0) is 27.8 Å². The molecule has 4 N–H and O–H groups in total. The van der Waals surface area contributed by atoms with Gasteiger partial charge in [-0.15, -0.1) is 0 Å². The predicted molar refractivity (Wildman–Crippen MR) is 144 cm³/mol. The molecular weight excluding hydrogens is 500 g/mol. The summed E-state index contributed by atoms with van der Waals surface area (Å²) < 4.78 is 9.97. The van der Waals surface area contributed by atoms with Gasteiger partial charge in [-0.2, -0.15) is 0 Å². The standard InChI is InChI=1S/C29H30N4O6/c1-38-27(35)17-30-28(36)33-25(15-19-9-3-2-4-10-19)32-26(34)16-31-29(37)39-18-24-22-13-7-5-11-20(22)21-12-6-8-14-23(21)24/h2-14,24-25H,15-18H2,1H3,(H,31,37)(H,32,34)(H2,30,33,36)/t25-/m1/s1. The molecule has 0 radical (unpaired) electrons. The lowest BCUT2D eigenvalue weighted by Gasteiger charge is -2.21. The normalized spacial score (nSPS) is 12.3. The van der Waals surface area contributed by atoms with Crippen molar-refractivity contribution in [1.82, 2.24) is 21.3 Å². The summed E-state index contributed by atoms with van der Waals surface area (Å²) in [6.45, 7) is -0.550. The van der Waals surface area contributed by atoms with Gasteiger partial charge < -0.3 is 30.7 Å². The Kier molecular flexibility index (Phi) is 9.12. The maximum atomic E-state index is 12.6. The molecule has 0 fully saturated rings. The number of benzene rings is 3. The highest BCUT2D eigenvalue weighted by Gasteiger charge is 2.29.